The largest absolute Gasteiger partial charge is 0.379 e. The molecule has 0 fully saturated rings. The third-order valence-corrected chi connectivity index (χ3v) is 2.55. The van der Waals surface area contributed by atoms with Crippen molar-refractivity contribution in [3.63, 3.8) is 0 Å². The van der Waals surface area contributed by atoms with Crippen molar-refractivity contribution in [1.82, 2.24) is 25.3 Å². The van der Waals surface area contributed by atoms with E-state index in [0.717, 1.165) is 0 Å². The first-order valence-electron chi connectivity index (χ1n) is 5.61. The van der Waals surface area contributed by atoms with Crippen LogP contribution in [-0.4, -0.2) is 31.2 Å². The topological polar surface area (TPSA) is 125 Å². The average Bonchev–Trinajstić information content (AvgIpc) is 3.10. The molecule has 3 aromatic rings. The molecule has 0 bridgehead atoms. The number of benzene rings is 1. The number of rotatable bonds is 3. The van der Waals surface area contributed by atoms with E-state index in [1.807, 2.05) is 6.07 Å². The fourth-order valence-electron chi connectivity index (χ4n) is 1.65. The zero-order chi connectivity index (χ0) is 13.9. The van der Waals surface area contributed by atoms with Crippen molar-refractivity contribution in [3.05, 3.63) is 42.4 Å². The number of amides is 1. The second-order valence-electron chi connectivity index (χ2n) is 3.82. The molecule has 9 nitrogen and oxygen atoms in total. The second-order valence-corrected chi connectivity index (χ2v) is 3.82. The van der Waals surface area contributed by atoms with Crippen LogP contribution in [0, 0.1) is 0 Å². The van der Waals surface area contributed by atoms with E-state index in [9.17, 15) is 4.79 Å². The van der Waals surface area contributed by atoms with Crippen molar-refractivity contribution in [3.8, 4) is 5.69 Å². The standard InChI is InChI=1S/C11H9N7O2/c12-10-9(15-20-16-10)11(19)14-7-3-1-2-4-8(7)18-6-5-13-17-18/h1-6H,(H2,12,16)(H,14,19). The summed E-state index contributed by atoms with van der Waals surface area (Å²) in [5.74, 6) is -0.586. The van der Waals surface area contributed by atoms with Crippen LogP contribution in [0.15, 0.2) is 41.3 Å². The van der Waals surface area contributed by atoms with Crippen LogP contribution in [0.1, 0.15) is 10.5 Å². The van der Waals surface area contributed by atoms with E-state index in [2.05, 4.69) is 30.6 Å². The van der Waals surface area contributed by atoms with Gasteiger partial charge in [-0.2, -0.15) is 0 Å². The van der Waals surface area contributed by atoms with Crippen LogP contribution in [0.4, 0.5) is 11.5 Å². The Labute approximate surface area is 112 Å². The molecule has 0 aliphatic heterocycles. The van der Waals surface area contributed by atoms with Crippen molar-refractivity contribution in [1.29, 1.82) is 0 Å². The Morgan fingerprint density at radius 1 is 1.30 bits per heavy atom. The van der Waals surface area contributed by atoms with Crippen LogP contribution < -0.4 is 11.1 Å². The molecule has 100 valence electrons. The van der Waals surface area contributed by atoms with E-state index in [1.54, 1.807) is 24.4 Å². The van der Waals surface area contributed by atoms with E-state index in [0.29, 0.717) is 11.4 Å². The minimum atomic E-state index is -0.517. The normalized spacial score (nSPS) is 10.4. The lowest BCUT2D eigenvalue weighted by atomic mass is 10.2. The minimum Gasteiger partial charge on any atom is -0.379 e. The van der Waals surface area contributed by atoms with Crippen LogP contribution in [0.3, 0.4) is 0 Å². The van der Waals surface area contributed by atoms with E-state index in [4.69, 9.17) is 5.73 Å². The maximum Gasteiger partial charge on any atom is 0.281 e. The Hall–Kier alpha value is -3.23. The monoisotopic (exact) mass is 271 g/mol. The number of hydrogen-bond acceptors (Lipinski definition) is 7. The smallest absolute Gasteiger partial charge is 0.281 e. The molecule has 0 saturated heterocycles. The summed E-state index contributed by atoms with van der Waals surface area (Å²) < 4.78 is 5.92. The Kier molecular flexibility index (Phi) is 2.84. The first-order chi connectivity index (χ1) is 9.75. The van der Waals surface area contributed by atoms with Gasteiger partial charge in [0, 0.05) is 0 Å². The van der Waals surface area contributed by atoms with Gasteiger partial charge in [-0.25, -0.2) is 9.31 Å². The Morgan fingerprint density at radius 2 is 2.15 bits per heavy atom. The summed E-state index contributed by atoms with van der Waals surface area (Å²) in [6.07, 6.45) is 3.20. The Bertz CT molecular complexity index is 735. The number of aromatic nitrogens is 5. The molecule has 1 aromatic carbocycles. The van der Waals surface area contributed by atoms with Crippen LogP contribution in [0.5, 0.6) is 0 Å². The molecule has 0 aliphatic carbocycles. The Balaban J connectivity index is 1.92. The first kappa shape index (κ1) is 11.8. The quantitative estimate of drug-likeness (QED) is 0.709. The van der Waals surface area contributed by atoms with Gasteiger partial charge in [0.1, 0.15) is 0 Å². The highest BCUT2D eigenvalue weighted by atomic mass is 16.6. The Morgan fingerprint density at radius 3 is 2.85 bits per heavy atom. The molecule has 3 rings (SSSR count). The molecule has 3 N–H and O–H groups in total. The third kappa shape index (κ3) is 2.07. The van der Waals surface area contributed by atoms with Gasteiger partial charge in [-0.3, -0.25) is 4.79 Å². The molecule has 20 heavy (non-hydrogen) atoms. The van der Waals surface area contributed by atoms with Gasteiger partial charge >= 0.3 is 0 Å². The van der Waals surface area contributed by atoms with Crippen LogP contribution in [-0.2, 0) is 0 Å². The van der Waals surface area contributed by atoms with Gasteiger partial charge in [-0.1, -0.05) is 17.3 Å². The van der Waals surface area contributed by atoms with Gasteiger partial charge in [0.05, 0.1) is 23.8 Å². The molecule has 0 atom stereocenters. The number of nitrogens with one attached hydrogen (secondary N) is 1. The predicted octanol–water partition coefficient (Wildman–Crippen LogP) is 0.485. The zero-order valence-corrected chi connectivity index (χ0v) is 10.1. The van der Waals surface area contributed by atoms with Gasteiger partial charge in [0.15, 0.2) is 0 Å². The summed E-state index contributed by atoms with van der Waals surface area (Å²) >= 11 is 0. The SMILES string of the molecule is Nc1nonc1C(=O)Nc1ccccc1-n1ccnn1. The molecule has 0 unspecified atom stereocenters. The highest BCUT2D eigenvalue weighted by Crippen LogP contribution is 2.19. The summed E-state index contributed by atoms with van der Waals surface area (Å²) in [4.78, 5) is 12.0. The van der Waals surface area contributed by atoms with Crippen molar-refractivity contribution in [2.24, 2.45) is 0 Å². The number of anilines is 2. The second kappa shape index (κ2) is 4.80. The van der Waals surface area contributed by atoms with Crippen LogP contribution in [0.2, 0.25) is 0 Å². The van der Waals surface area contributed by atoms with Crippen molar-refractivity contribution < 1.29 is 9.42 Å². The summed E-state index contributed by atoms with van der Waals surface area (Å²) in [5, 5.41) is 17.1. The molecule has 1 amide bonds. The summed E-state index contributed by atoms with van der Waals surface area (Å²) in [5.41, 5.74) is 6.59. The van der Waals surface area contributed by atoms with Gasteiger partial charge in [-0.05, 0) is 22.4 Å². The molecule has 9 heteroatoms. The summed E-state index contributed by atoms with van der Waals surface area (Å²) in [7, 11) is 0. The minimum absolute atomic E-state index is 0.0688. The van der Waals surface area contributed by atoms with Gasteiger partial charge < -0.3 is 11.1 Å². The van der Waals surface area contributed by atoms with E-state index < -0.39 is 5.91 Å². The fourth-order valence-corrected chi connectivity index (χ4v) is 1.65. The number of nitrogen functional groups attached to an aromatic ring is 1. The number of nitrogens with two attached hydrogens (primary N) is 1. The van der Waals surface area contributed by atoms with Gasteiger partial charge in [0.2, 0.25) is 11.5 Å². The zero-order valence-electron chi connectivity index (χ0n) is 10.1. The molecule has 0 spiro atoms. The van der Waals surface area contributed by atoms with E-state index in [-0.39, 0.29) is 11.5 Å². The molecule has 2 aromatic heterocycles. The predicted molar refractivity (Wildman–Crippen MR) is 68.0 cm³/mol. The maximum atomic E-state index is 12.0. The highest BCUT2D eigenvalue weighted by molar-refractivity contribution is 6.06. The molecular formula is C11H9N7O2. The number of para-hydroxylation sites is 2. The van der Waals surface area contributed by atoms with Gasteiger partial charge in [-0.15, -0.1) is 5.10 Å². The number of nitrogens with zero attached hydrogens (tertiary/aromatic N) is 5. The maximum absolute atomic E-state index is 12.0. The molecule has 0 radical (unpaired) electrons. The first-order valence-corrected chi connectivity index (χ1v) is 5.61. The van der Waals surface area contributed by atoms with Crippen LogP contribution >= 0.6 is 0 Å². The highest BCUT2D eigenvalue weighted by Gasteiger charge is 2.17. The van der Waals surface area contributed by atoms with Gasteiger partial charge in [0.25, 0.3) is 5.91 Å². The molecular weight excluding hydrogens is 262 g/mol. The average molecular weight is 271 g/mol. The molecule has 2 heterocycles. The van der Waals surface area contributed by atoms with Crippen LogP contribution in [0.25, 0.3) is 5.69 Å². The lowest BCUT2D eigenvalue weighted by molar-refractivity contribution is 0.101. The molecule has 0 saturated carbocycles. The van der Waals surface area contributed by atoms with E-state index in [1.165, 1.54) is 10.9 Å². The number of carbonyl (C=O) groups excluding carboxylic acids is 1. The van der Waals surface area contributed by atoms with E-state index >= 15 is 0 Å². The lowest BCUT2D eigenvalue weighted by Crippen LogP contribution is -2.16. The number of carbonyl (C=O) groups is 1. The van der Waals surface area contributed by atoms with Crippen molar-refractivity contribution in [2.45, 2.75) is 0 Å². The summed E-state index contributed by atoms with van der Waals surface area (Å²) in [6, 6.07) is 7.10. The fraction of sp³-hybridized carbons (Fsp3) is 0. The third-order valence-electron chi connectivity index (χ3n) is 2.55. The summed E-state index contributed by atoms with van der Waals surface area (Å²) in [6.45, 7) is 0. The molecule has 0 aliphatic rings. The van der Waals surface area contributed by atoms with Crippen molar-refractivity contribution in [2.75, 3.05) is 11.1 Å². The number of hydrogen-bond donors (Lipinski definition) is 2. The van der Waals surface area contributed by atoms with Crippen molar-refractivity contribution >= 4 is 17.4 Å². The lowest BCUT2D eigenvalue weighted by Gasteiger charge is -2.09.